The minimum absolute atomic E-state index is 0.248. The molecule has 1 aromatic carbocycles. The van der Waals surface area contributed by atoms with E-state index in [1.165, 1.54) is 10.6 Å². The third-order valence-corrected chi connectivity index (χ3v) is 5.20. The topological polar surface area (TPSA) is 92.2 Å². The molecule has 0 saturated carbocycles. The van der Waals surface area contributed by atoms with Gasteiger partial charge < -0.3 is 9.72 Å². The molecule has 0 amide bonds. The zero-order valence-corrected chi connectivity index (χ0v) is 16.8. The summed E-state index contributed by atoms with van der Waals surface area (Å²) in [7, 11) is 1.61. The van der Waals surface area contributed by atoms with Gasteiger partial charge in [0.15, 0.2) is 5.65 Å². The largest absolute Gasteiger partial charge is 0.496 e. The number of aromatic nitrogens is 4. The molecule has 0 spiro atoms. The Morgan fingerprint density at radius 2 is 1.86 bits per heavy atom. The second-order valence-corrected chi connectivity index (χ2v) is 6.98. The number of para-hydroxylation sites is 1. The minimum Gasteiger partial charge on any atom is -0.496 e. The summed E-state index contributed by atoms with van der Waals surface area (Å²) in [6.45, 7) is 5.81. The van der Waals surface area contributed by atoms with Crippen LogP contribution in [0.15, 0.2) is 46.0 Å². The highest BCUT2D eigenvalue weighted by molar-refractivity contribution is 5.75. The van der Waals surface area contributed by atoms with E-state index >= 15 is 0 Å². The van der Waals surface area contributed by atoms with Gasteiger partial charge in [-0.2, -0.15) is 0 Å². The smallest absolute Gasteiger partial charge is 0.273 e. The molecule has 0 aliphatic rings. The molecule has 4 aromatic rings. The third kappa shape index (κ3) is 3.04. The van der Waals surface area contributed by atoms with E-state index < -0.39 is 0 Å². The molecule has 4 rings (SSSR count). The zero-order valence-electron chi connectivity index (χ0n) is 16.8. The second kappa shape index (κ2) is 7.09. The van der Waals surface area contributed by atoms with Gasteiger partial charge in [0.25, 0.3) is 11.1 Å². The van der Waals surface area contributed by atoms with Crippen LogP contribution in [-0.2, 0) is 6.42 Å². The molecule has 7 nitrogen and oxygen atoms in total. The summed E-state index contributed by atoms with van der Waals surface area (Å²) in [5, 5.41) is 3.12. The van der Waals surface area contributed by atoms with Crippen molar-refractivity contribution in [1.29, 1.82) is 0 Å². The first-order valence-electron chi connectivity index (χ1n) is 9.43. The predicted molar refractivity (Wildman–Crippen MR) is 113 cm³/mol. The standard InChI is InChI=1S/C22H22N4O3/c1-5-16-12(2)10-15(22(28)24-16)17-11-19(27)26-21(23-17)13(3)20(25-26)14-8-6-7-9-18(14)29-4/h6-11,25H,5H2,1-4H3,(H,24,28). The number of rotatable bonds is 4. The van der Waals surface area contributed by atoms with E-state index in [9.17, 15) is 9.59 Å². The Kier molecular flexibility index (Phi) is 4.58. The lowest BCUT2D eigenvalue weighted by molar-refractivity contribution is 0.416. The van der Waals surface area contributed by atoms with Crippen molar-refractivity contribution in [2.24, 2.45) is 0 Å². The highest BCUT2D eigenvalue weighted by atomic mass is 16.5. The molecule has 0 aliphatic carbocycles. The maximum atomic E-state index is 12.8. The van der Waals surface area contributed by atoms with Crippen LogP contribution in [0.2, 0.25) is 0 Å². The number of aryl methyl sites for hydroxylation is 3. The number of fused-ring (bicyclic) bond motifs is 1. The number of ether oxygens (including phenoxy) is 1. The number of nitrogens with one attached hydrogen (secondary N) is 2. The lowest BCUT2D eigenvalue weighted by Gasteiger charge is -2.06. The maximum Gasteiger partial charge on any atom is 0.273 e. The molecule has 0 atom stereocenters. The SMILES string of the molecule is CCc1[nH]c(=O)c(-c2cc(=O)n3[nH]c(-c4ccccc4OC)c(C)c3n2)cc1C. The van der Waals surface area contributed by atoms with Crippen molar-refractivity contribution in [1.82, 2.24) is 19.6 Å². The molecule has 0 saturated heterocycles. The van der Waals surface area contributed by atoms with Crippen LogP contribution < -0.4 is 15.9 Å². The Morgan fingerprint density at radius 3 is 2.59 bits per heavy atom. The number of pyridine rings is 1. The second-order valence-electron chi connectivity index (χ2n) is 6.98. The van der Waals surface area contributed by atoms with Crippen LogP contribution in [0, 0.1) is 13.8 Å². The zero-order chi connectivity index (χ0) is 20.7. The van der Waals surface area contributed by atoms with Gasteiger partial charge in [-0.1, -0.05) is 19.1 Å². The van der Waals surface area contributed by atoms with Crippen molar-refractivity contribution in [3.63, 3.8) is 0 Å². The van der Waals surface area contributed by atoms with Crippen LogP contribution in [-0.4, -0.2) is 26.7 Å². The Morgan fingerprint density at radius 1 is 1.10 bits per heavy atom. The summed E-state index contributed by atoms with van der Waals surface area (Å²) in [5.41, 5.74) is 4.91. The number of methoxy groups -OCH3 is 1. The normalized spacial score (nSPS) is 11.2. The van der Waals surface area contributed by atoms with E-state index in [2.05, 4.69) is 15.1 Å². The van der Waals surface area contributed by atoms with Crippen LogP contribution in [0.4, 0.5) is 0 Å². The van der Waals surface area contributed by atoms with Crippen LogP contribution in [0.5, 0.6) is 5.75 Å². The van der Waals surface area contributed by atoms with Gasteiger partial charge in [-0.05, 0) is 44.0 Å². The molecule has 148 valence electrons. The summed E-state index contributed by atoms with van der Waals surface area (Å²) in [6.07, 6.45) is 0.732. The first-order valence-corrected chi connectivity index (χ1v) is 9.43. The van der Waals surface area contributed by atoms with E-state index in [-0.39, 0.29) is 11.1 Å². The average Bonchev–Trinajstić information content (AvgIpc) is 3.06. The van der Waals surface area contributed by atoms with Gasteiger partial charge >= 0.3 is 0 Å². The molecular weight excluding hydrogens is 368 g/mol. The summed E-state index contributed by atoms with van der Waals surface area (Å²) in [5.74, 6) is 0.692. The molecule has 29 heavy (non-hydrogen) atoms. The summed E-state index contributed by atoms with van der Waals surface area (Å²) in [6, 6.07) is 10.7. The van der Waals surface area contributed by atoms with Gasteiger partial charge in [0.1, 0.15) is 5.75 Å². The van der Waals surface area contributed by atoms with E-state index in [4.69, 9.17) is 4.74 Å². The molecular formula is C22H22N4O3. The van der Waals surface area contributed by atoms with E-state index in [1.807, 2.05) is 45.0 Å². The monoisotopic (exact) mass is 390 g/mol. The summed E-state index contributed by atoms with van der Waals surface area (Å²) < 4.78 is 6.84. The Balaban J connectivity index is 1.96. The van der Waals surface area contributed by atoms with Crippen LogP contribution in [0.3, 0.4) is 0 Å². The number of hydrogen-bond acceptors (Lipinski definition) is 4. The molecule has 0 fully saturated rings. The van der Waals surface area contributed by atoms with Gasteiger partial charge in [-0.3, -0.25) is 14.7 Å². The van der Waals surface area contributed by atoms with Crippen LogP contribution >= 0.6 is 0 Å². The fourth-order valence-electron chi connectivity index (χ4n) is 3.63. The Bertz CT molecular complexity index is 1340. The number of H-pyrrole nitrogens is 2. The van der Waals surface area contributed by atoms with Gasteiger partial charge in [-0.15, -0.1) is 0 Å². The number of hydrogen-bond donors (Lipinski definition) is 2. The number of nitrogens with zero attached hydrogens (tertiary/aromatic N) is 2. The van der Waals surface area contributed by atoms with Crippen molar-refractivity contribution < 1.29 is 4.74 Å². The molecule has 0 radical (unpaired) electrons. The average molecular weight is 390 g/mol. The molecule has 7 heteroatoms. The Labute approximate surface area is 167 Å². The van der Waals surface area contributed by atoms with E-state index in [0.29, 0.717) is 22.7 Å². The summed E-state index contributed by atoms with van der Waals surface area (Å²) in [4.78, 5) is 32.9. The number of aromatic amines is 2. The van der Waals surface area contributed by atoms with E-state index in [0.717, 1.165) is 34.5 Å². The lowest BCUT2D eigenvalue weighted by Crippen LogP contribution is -2.18. The fraction of sp³-hybridized carbons (Fsp3) is 0.227. The first-order chi connectivity index (χ1) is 13.9. The molecule has 0 bridgehead atoms. The highest BCUT2D eigenvalue weighted by Crippen LogP contribution is 2.32. The highest BCUT2D eigenvalue weighted by Gasteiger charge is 2.18. The van der Waals surface area contributed by atoms with Gasteiger partial charge in [0, 0.05) is 22.9 Å². The molecule has 2 N–H and O–H groups in total. The minimum atomic E-state index is -0.286. The van der Waals surface area contributed by atoms with Crippen LogP contribution in [0.25, 0.3) is 28.2 Å². The van der Waals surface area contributed by atoms with Gasteiger partial charge in [-0.25, -0.2) is 9.50 Å². The van der Waals surface area contributed by atoms with Gasteiger partial charge in [0.2, 0.25) is 0 Å². The molecule has 0 aliphatic heterocycles. The summed E-state index contributed by atoms with van der Waals surface area (Å²) >= 11 is 0. The van der Waals surface area contributed by atoms with Gasteiger partial charge in [0.05, 0.1) is 24.1 Å². The van der Waals surface area contributed by atoms with Crippen molar-refractivity contribution >= 4 is 5.65 Å². The van der Waals surface area contributed by atoms with Crippen molar-refractivity contribution in [3.05, 3.63) is 73.9 Å². The fourth-order valence-corrected chi connectivity index (χ4v) is 3.63. The van der Waals surface area contributed by atoms with Crippen molar-refractivity contribution in [3.8, 4) is 28.3 Å². The van der Waals surface area contributed by atoms with Crippen LogP contribution in [0.1, 0.15) is 23.7 Å². The maximum absolute atomic E-state index is 12.8. The molecule has 3 aromatic heterocycles. The van der Waals surface area contributed by atoms with E-state index in [1.54, 1.807) is 13.2 Å². The lowest BCUT2D eigenvalue weighted by atomic mass is 10.1. The molecule has 3 heterocycles. The predicted octanol–water partition coefficient (Wildman–Crippen LogP) is 3.23. The van der Waals surface area contributed by atoms with Crippen molar-refractivity contribution in [2.75, 3.05) is 7.11 Å². The Hall–Kier alpha value is -3.61. The number of benzene rings is 1. The molecule has 0 unspecified atom stereocenters. The third-order valence-electron chi connectivity index (χ3n) is 5.20. The quantitative estimate of drug-likeness (QED) is 0.560. The van der Waals surface area contributed by atoms with Crippen molar-refractivity contribution in [2.45, 2.75) is 27.2 Å². The first kappa shape index (κ1) is 18.7.